The van der Waals surface area contributed by atoms with Crippen molar-refractivity contribution in [3.8, 4) is 16.3 Å². The van der Waals surface area contributed by atoms with Crippen molar-refractivity contribution in [2.45, 2.75) is 6.92 Å². The summed E-state index contributed by atoms with van der Waals surface area (Å²) < 4.78 is 13.4. The first-order chi connectivity index (χ1) is 14.1. The van der Waals surface area contributed by atoms with E-state index in [1.54, 1.807) is 24.3 Å². The largest absolute Gasteiger partial charge is 0.493 e. The molecule has 0 bridgehead atoms. The van der Waals surface area contributed by atoms with Gasteiger partial charge in [-0.15, -0.1) is 21.6 Å². The van der Waals surface area contributed by atoms with Gasteiger partial charge in [0.25, 0.3) is 0 Å². The van der Waals surface area contributed by atoms with Crippen molar-refractivity contribution in [3.63, 3.8) is 0 Å². The highest BCUT2D eigenvalue weighted by Crippen LogP contribution is 2.39. The van der Waals surface area contributed by atoms with Crippen LogP contribution in [-0.2, 0) is 0 Å². The molecule has 3 heterocycles. The van der Waals surface area contributed by atoms with Gasteiger partial charge in [-0.3, -0.25) is 0 Å². The zero-order valence-corrected chi connectivity index (χ0v) is 16.0. The Morgan fingerprint density at radius 2 is 1.83 bits per heavy atom. The van der Waals surface area contributed by atoms with Gasteiger partial charge in [0.1, 0.15) is 16.5 Å². The fourth-order valence-electron chi connectivity index (χ4n) is 3.17. The van der Waals surface area contributed by atoms with E-state index < -0.39 is 5.82 Å². The number of benzene rings is 2. The fourth-order valence-corrected chi connectivity index (χ4v) is 4.25. The summed E-state index contributed by atoms with van der Waals surface area (Å²) in [6.45, 7) is 1.80. The van der Waals surface area contributed by atoms with Crippen molar-refractivity contribution in [1.29, 1.82) is 0 Å². The van der Waals surface area contributed by atoms with E-state index in [1.807, 2.05) is 36.4 Å². The second-order valence-electron chi connectivity index (χ2n) is 6.50. The highest BCUT2D eigenvalue weighted by atomic mass is 32.1. The van der Waals surface area contributed by atoms with Crippen molar-refractivity contribution >= 4 is 44.0 Å². The highest BCUT2D eigenvalue weighted by molar-refractivity contribution is 7.21. The van der Waals surface area contributed by atoms with E-state index in [4.69, 9.17) is 0 Å². The number of nitrogens with one attached hydrogen (secondary N) is 1. The first-order valence-electron chi connectivity index (χ1n) is 8.84. The van der Waals surface area contributed by atoms with Gasteiger partial charge in [0.05, 0.1) is 10.9 Å². The molecular formula is C21H14FN5OS. The topological polar surface area (TPSA) is 86.5 Å². The number of halogens is 1. The summed E-state index contributed by atoms with van der Waals surface area (Å²) in [5.41, 5.74) is 1.78. The summed E-state index contributed by atoms with van der Waals surface area (Å²) >= 11 is 1.56. The monoisotopic (exact) mass is 403 g/mol. The van der Waals surface area contributed by atoms with Crippen LogP contribution in [0.2, 0.25) is 0 Å². The predicted molar refractivity (Wildman–Crippen MR) is 112 cm³/mol. The van der Waals surface area contributed by atoms with Crippen molar-refractivity contribution < 1.29 is 9.50 Å². The molecule has 2 N–H and O–H groups in total. The molecular weight excluding hydrogens is 389 g/mol. The van der Waals surface area contributed by atoms with Gasteiger partial charge in [0.2, 0.25) is 5.88 Å². The van der Waals surface area contributed by atoms with Crippen LogP contribution in [0.3, 0.4) is 0 Å². The summed E-state index contributed by atoms with van der Waals surface area (Å²) in [6.07, 6.45) is 0. The normalized spacial score (nSPS) is 11.8. The standard InChI is InChI=1S/C21H14FN5OS/c1-11-23-19(15-10-17(29-21(15)24-11)12-5-3-2-4-6-12)27-26-18-14-8-7-13(22)9-16(14)25-20(18)28/h2-10,25,28H,1H3. The molecule has 6 nitrogen and oxygen atoms in total. The number of azo groups is 1. The van der Waals surface area contributed by atoms with E-state index >= 15 is 0 Å². The minimum Gasteiger partial charge on any atom is -0.493 e. The third kappa shape index (κ3) is 3.13. The molecule has 0 unspecified atom stereocenters. The molecule has 0 radical (unpaired) electrons. The lowest BCUT2D eigenvalue weighted by molar-refractivity contribution is 0.459. The zero-order valence-electron chi connectivity index (χ0n) is 15.2. The summed E-state index contributed by atoms with van der Waals surface area (Å²) in [5, 5.41) is 20.0. The van der Waals surface area contributed by atoms with Gasteiger partial charge in [-0.1, -0.05) is 30.3 Å². The number of rotatable bonds is 3. The average molecular weight is 403 g/mol. The van der Waals surface area contributed by atoms with E-state index in [-0.39, 0.29) is 11.6 Å². The number of aromatic amines is 1. The van der Waals surface area contributed by atoms with Gasteiger partial charge < -0.3 is 10.1 Å². The molecule has 142 valence electrons. The second kappa shape index (κ2) is 6.75. The number of H-pyrrole nitrogens is 1. The summed E-state index contributed by atoms with van der Waals surface area (Å²) in [4.78, 5) is 13.5. The van der Waals surface area contributed by atoms with Crippen LogP contribution < -0.4 is 0 Å². The van der Waals surface area contributed by atoms with E-state index in [0.29, 0.717) is 22.5 Å². The fraction of sp³-hybridized carbons (Fsp3) is 0.0476. The van der Waals surface area contributed by atoms with Crippen LogP contribution >= 0.6 is 11.3 Å². The molecule has 0 fully saturated rings. The lowest BCUT2D eigenvalue weighted by atomic mass is 10.2. The van der Waals surface area contributed by atoms with Gasteiger partial charge in [-0.25, -0.2) is 14.4 Å². The van der Waals surface area contributed by atoms with Gasteiger partial charge in [-0.05, 0) is 36.8 Å². The Bertz CT molecular complexity index is 1390. The number of fused-ring (bicyclic) bond motifs is 2. The minimum atomic E-state index is -0.401. The number of aryl methyl sites for hydroxylation is 1. The SMILES string of the molecule is Cc1nc(N=Nc2c(O)[nH]c3cc(F)ccc23)c2cc(-c3ccccc3)sc2n1. The van der Waals surface area contributed by atoms with Gasteiger partial charge >= 0.3 is 0 Å². The maximum absolute atomic E-state index is 13.4. The molecule has 0 saturated heterocycles. The maximum atomic E-state index is 13.4. The number of hydrogen-bond acceptors (Lipinski definition) is 6. The summed E-state index contributed by atoms with van der Waals surface area (Å²) in [5.74, 6) is 0.425. The number of nitrogens with zero attached hydrogens (tertiary/aromatic N) is 4. The Kier molecular flexibility index (Phi) is 4.06. The first-order valence-corrected chi connectivity index (χ1v) is 9.66. The molecule has 29 heavy (non-hydrogen) atoms. The molecule has 3 aromatic heterocycles. The molecule has 0 atom stereocenters. The Labute approximate surface area is 168 Å². The number of hydrogen-bond donors (Lipinski definition) is 2. The van der Waals surface area contributed by atoms with Crippen LogP contribution in [0.1, 0.15) is 5.82 Å². The Balaban J connectivity index is 1.62. The van der Waals surface area contributed by atoms with Crippen LogP contribution in [-0.4, -0.2) is 20.1 Å². The summed E-state index contributed by atoms with van der Waals surface area (Å²) in [7, 11) is 0. The molecule has 5 rings (SSSR count). The third-order valence-electron chi connectivity index (χ3n) is 4.50. The highest BCUT2D eigenvalue weighted by Gasteiger charge is 2.14. The summed E-state index contributed by atoms with van der Waals surface area (Å²) in [6, 6.07) is 16.2. The molecule has 0 aliphatic heterocycles. The van der Waals surface area contributed by atoms with Crippen LogP contribution in [0.5, 0.6) is 5.88 Å². The number of aromatic hydroxyl groups is 1. The van der Waals surface area contributed by atoms with Gasteiger partial charge in [0, 0.05) is 10.3 Å². The lowest BCUT2D eigenvalue weighted by Gasteiger charge is -1.97. The molecule has 0 spiro atoms. The van der Waals surface area contributed by atoms with Gasteiger partial charge in [-0.2, -0.15) is 0 Å². The van der Waals surface area contributed by atoms with Crippen LogP contribution in [0.25, 0.3) is 31.6 Å². The van der Waals surface area contributed by atoms with Crippen LogP contribution in [0.15, 0.2) is 64.8 Å². The van der Waals surface area contributed by atoms with E-state index in [1.165, 1.54) is 12.1 Å². The molecule has 0 aliphatic carbocycles. The van der Waals surface area contributed by atoms with E-state index in [0.717, 1.165) is 20.7 Å². The average Bonchev–Trinajstić information content (AvgIpc) is 3.27. The zero-order chi connectivity index (χ0) is 20.0. The molecule has 2 aromatic carbocycles. The van der Waals surface area contributed by atoms with Gasteiger partial charge in [0.15, 0.2) is 11.5 Å². The Morgan fingerprint density at radius 1 is 1.00 bits per heavy atom. The van der Waals surface area contributed by atoms with Crippen LogP contribution in [0, 0.1) is 12.7 Å². The van der Waals surface area contributed by atoms with Crippen molar-refractivity contribution in [1.82, 2.24) is 15.0 Å². The number of thiophene rings is 1. The second-order valence-corrected chi connectivity index (χ2v) is 7.53. The maximum Gasteiger partial charge on any atom is 0.218 e. The Morgan fingerprint density at radius 3 is 2.66 bits per heavy atom. The minimum absolute atomic E-state index is 0.174. The molecule has 0 aliphatic rings. The smallest absolute Gasteiger partial charge is 0.218 e. The molecule has 0 amide bonds. The van der Waals surface area contributed by atoms with Crippen molar-refractivity contribution in [2.24, 2.45) is 10.2 Å². The number of aromatic nitrogens is 3. The van der Waals surface area contributed by atoms with Crippen molar-refractivity contribution in [2.75, 3.05) is 0 Å². The van der Waals surface area contributed by atoms with E-state index in [2.05, 4.69) is 25.2 Å². The lowest BCUT2D eigenvalue weighted by Crippen LogP contribution is -1.85. The molecule has 8 heteroatoms. The third-order valence-corrected chi connectivity index (χ3v) is 5.58. The molecule has 5 aromatic rings. The van der Waals surface area contributed by atoms with Crippen LogP contribution in [0.4, 0.5) is 15.9 Å². The van der Waals surface area contributed by atoms with Crippen molar-refractivity contribution in [3.05, 3.63) is 66.2 Å². The Hall–Kier alpha value is -3.65. The predicted octanol–water partition coefficient (Wildman–Crippen LogP) is 6.41. The first kappa shape index (κ1) is 17.4. The quantitative estimate of drug-likeness (QED) is 0.341. The molecule has 0 saturated carbocycles. The van der Waals surface area contributed by atoms with E-state index in [9.17, 15) is 9.50 Å².